The van der Waals surface area contributed by atoms with Gasteiger partial charge in [0.25, 0.3) is 0 Å². The summed E-state index contributed by atoms with van der Waals surface area (Å²) in [6.07, 6.45) is 1.89. The van der Waals surface area contributed by atoms with Crippen LogP contribution in [0.1, 0.15) is 27.8 Å². The van der Waals surface area contributed by atoms with Gasteiger partial charge in [-0.1, -0.05) is 120 Å². The molecule has 0 N–H and O–H groups in total. The SMILES string of the molecule is Cc1ccnc(-n2c3[c-]c(C(=C(c4ccccc4)c4ccccc4)c4[c-]c(N5[CH-]N(c6ccccc6)c6ccccc65)ccc4)ccc3c3ccccc32)c1.[Pt]. The summed E-state index contributed by atoms with van der Waals surface area (Å²) in [5, 5.41) is 2.30. The van der Waals surface area contributed by atoms with Gasteiger partial charge in [0, 0.05) is 49.8 Å². The molecule has 10 rings (SSSR count). The summed E-state index contributed by atoms with van der Waals surface area (Å²) in [5.41, 5.74) is 13.8. The Kier molecular flexibility index (Phi) is 9.43. The molecule has 7 aromatic carbocycles. The zero-order valence-corrected chi connectivity index (χ0v) is 32.9. The minimum atomic E-state index is 0. The Morgan fingerprint density at radius 1 is 0.536 bits per heavy atom. The van der Waals surface area contributed by atoms with Gasteiger partial charge >= 0.3 is 0 Å². The fourth-order valence-corrected chi connectivity index (χ4v) is 7.84. The van der Waals surface area contributed by atoms with E-state index in [9.17, 15) is 0 Å². The average molecular weight is 899 g/mol. The maximum absolute atomic E-state index is 4.86. The van der Waals surface area contributed by atoms with Gasteiger partial charge in [-0.2, -0.15) is 0 Å². The molecule has 1 aliphatic rings. The maximum Gasteiger partial charge on any atom is 0.136 e. The number of anilines is 4. The zero-order chi connectivity index (χ0) is 36.7. The standard InChI is InChI=1S/C51H35N4.Pt/c1-36-30-31-52-49(32-36)55-45-25-12-11-24-43(45)44-29-28-40(34-48(44)55)51(50(37-16-5-2-6-17-37)38-18-7-3-8-19-38)39-20-15-23-42(33-39)54-35-53(41-21-9-4-10-22-41)46-26-13-14-27-47(46)54;/h2-32,35H,1H3;/q-3;. The van der Waals surface area contributed by atoms with E-state index in [1.54, 1.807) is 0 Å². The molecule has 1 aliphatic heterocycles. The van der Waals surface area contributed by atoms with Crippen molar-refractivity contribution in [2.24, 2.45) is 0 Å². The van der Waals surface area contributed by atoms with Crippen molar-refractivity contribution in [1.29, 1.82) is 0 Å². The molecule has 0 saturated carbocycles. The van der Waals surface area contributed by atoms with Crippen LogP contribution >= 0.6 is 0 Å². The molecule has 0 saturated heterocycles. The molecule has 9 aromatic rings. The number of aryl methyl sites for hydroxylation is 1. The van der Waals surface area contributed by atoms with E-state index in [-0.39, 0.29) is 21.1 Å². The summed E-state index contributed by atoms with van der Waals surface area (Å²) in [4.78, 5) is 9.34. The first-order valence-electron chi connectivity index (χ1n) is 18.6. The minimum Gasteiger partial charge on any atom is -0.488 e. The molecular weight excluding hydrogens is 864 g/mol. The summed E-state index contributed by atoms with van der Waals surface area (Å²) in [6.45, 7) is 4.28. The predicted molar refractivity (Wildman–Crippen MR) is 227 cm³/mol. The van der Waals surface area contributed by atoms with Crippen LogP contribution in [0.4, 0.5) is 22.7 Å². The summed E-state index contributed by atoms with van der Waals surface area (Å²) in [7, 11) is 0. The van der Waals surface area contributed by atoms with Gasteiger partial charge in [0.15, 0.2) is 0 Å². The second kappa shape index (κ2) is 15.0. The third kappa shape index (κ3) is 6.23. The number of hydrogen-bond acceptors (Lipinski definition) is 3. The van der Waals surface area contributed by atoms with Gasteiger partial charge in [-0.15, -0.1) is 65.8 Å². The Hall–Kier alpha value is -6.48. The summed E-state index contributed by atoms with van der Waals surface area (Å²) < 4.78 is 2.25. The Labute approximate surface area is 341 Å². The molecule has 0 spiro atoms. The van der Waals surface area contributed by atoms with E-state index in [1.807, 2.05) is 12.3 Å². The third-order valence-electron chi connectivity index (χ3n) is 10.3. The molecule has 0 amide bonds. The van der Waals surface area contributed by atoms with Crippen LogP contribution in [0, 0.1) is 25.7 Å². The molecule has 0 radical (unpaired) electrons. The quantitative estimate of drug-likeness (QED) is 0.118. The molecule has 5 heteroatoms. The number of benzene rings is 7. The van der Waals surface area contributed by atoms with E-state index in [4.69, 9.17) is 4.98 Å². The number of fused-ring (bicyclic) bond motifs is 4. The third-order valence-corrected chi connectivity index (χ3v) is 10.3. The zero-order valence-electron chi connectivity index (χ0n) is 30.6. The van der Waals surface area contributed by atoms with Crippen molar-refractivity contribution in [1.82, 2.24) is 9.55 Å². The number of nitrogens with zero attached hydrogens (tertiary/aromatic N) is 4. The van der Waals surface area contributed by atoms with Gasteiger partial charge in [0.1, 0.15) is 5.82 Å². The molecule has 0 aliphatic carbocycles. The summed E-state index contributed by atoms with van der Waals surface area (Å²) in [5.74, 6) is 0.872. The van der Waals surface area contributed by atoms with Gasteiger partial charge in [-0.3, -0.25) is 0 Å². The molecule has 0 atom stereocenters. The topological polar surface area (TPSA) is 24.3 Å². The molecule has 0 bridgehead atoms. The van der Waals surface area contributed by atoms with Crippen LogP contribution in [0.2, 0.25) is 0 Å². The van der Waals surface area contributed by atoms with Gasteiger partial charge in [0.2, 0.25) is 0 Å². The number of aromatic nitrogens is 2. The number of hydrogen-bond donors (Lipinski definition) is 0. The summed E-state index contributed by atoms with van der Waals surface area (Å²) in [6, 6.07) is 71.9. The average Bonchev–Trinajstić information content (AvgIpc) is 3.80. The van der Waals surface area contributed by atoms with Crippen LogP contribution in [0.25, 0.3) is 38.8 Å². The van der Waals surface area contributed by atoms with Gasteiger partial charge in [0.05, 0.1) is 0 Å². The fourth-order valence-electron chi connectivity index (χ4n) is 7.84. The first kappa shape index (κ1) is 35.2. The van der Waals surface area contributed by atoms with Gasteiger partial charge in [-0.25, -0.2) is 4.98 Å². The molecular formula is C51H35N4Pt-3. The Bertz CT molecular complexity index is 2820. The largest absolute Gasteiger partial charge is 0.488 e. The molecule has 3 heterocycles. The molecule has 2 aromatic heterocycles. The van der Waals surface area contributed by atoms with Crippen LogP contribution < -0.4 is 9.80 Å². The van der Waals surface area contributed by atoms with E-state index in [2.05, 4.69) is 216 Å². The normalized spacial score (nSPS) is 12.1. The fraction of sp³-hybridized carbons (Fsp3) is 0.0196. The molecule has 0 unspecified atom stereocenters. The van der Waals surface area contributed by atoms with Crippen LogP contribution in [0.15, 0.2) is 188 Å². The second-order valence-electron chi connectivity index (χ2n) is 13.8. The first-order chi connectivity index (χ1) is 27.2. The molecule has 0 fully saturated rings. The van der Waals surface area contributed by atoms with E-state index in [0.717, 1.165) is 84.0 Å². The van der Waals surface area contributed by atoms with Crippen LogP contribution in [0.3, 0.4) is 0 Å². The summed E-state index contributed by atoms with van der Waals surface area (Å²) >= 11 is 0. The number of pyridine rings is 1. The second-order valence-corrected chi connectivity index (χ2v) is 13.8. The van der Waals surface area contributed by atoms with Crippen molar-refractivity contribution in [3.05, 3.63) is 235 Å². The van der Waals surface area contributed by atoms with Crippen molar-refractivity contribution in [2.75, 3.05) is 9.80 Å². The van der Waals surface area contributed by atoms with Crippen molar-refractivity contribution in [3.8, 4) is 5.82 Å². The molecule has 4 nitrogen and oxygen atoms in total. The van der Waals surface area contributed by atoms with Gasteiger partial charge < -0.3 is 14.4 Å². The molecule has 272 valence electrons. The van der Waals surface area contributed by atoms with Crippen LogP contribution in [0.5, 0.6) is 0 Å². The van der Waals surface area contributed by atoms with Crippen molar-refractivity contribution in [2.45, 2.75) is 6.92 Å². The van der Waals surface area contributed by atoms with Crippen LogP contribution in [-0.2, 0) is 21.1 Å². The Balaban J connectivity index is 0.00000410. The smallest absolute Gasteiger partial charge is 0.136 e. The predicted octanol–water partition coefficient (Wildman–Crippen LogP) is 12.5. The minimum absolute atomic E-state index is 0. The van der Waals surface area contributed by atoms with E-state index < -0.39 is 0 Å². The van der Waals surface area contributed by atoms with Gasteiger partial charge in [-0.05, 0) is 82.6 Å². The monoisotopic (exact) mass is 898 g/mol. The van der Waals surface area contributed by atoms with Crippen molar-refractivity contribution in [3.63, 3.8) is 0 Å². The first-order valence-corrected chi connectivity index (χ1v) is 18.6. The van der Waals surface area contributed by atoms with E-state index in [0.29, 0.717) is 0 Å². The maximum atomic E-state index is 4.86. The van der Waals surface area contributed by atoms with Crippen LogP contribution in [-0.4, -0.2) is 9.55 Å². The molecule has 56 heavy (non-hydrogen) atoms. The number of para-hydroxylation sites is 4. The Morgan fingerprint density at radius 2 is 1.16 bits per heavy atom. The number of rotatable bonds is 7. The van der Waals surface area contributed by atoms with Crippen molar-refractivity contribution < 1.29 is 21.1 Å². The Morgan fingerprint density at radius 3 is 1.88 bits per heavy atom. The van der Waals surface area contributed by atoms with E-state index in [1.165, 1.54) is 5.39 Å². The van der Waals surface area contributed by atoms with Crippen molar-refractivity contribution >= 4 is 55.7 Å². The van der Waals surface area contributed by atoms with E-state index >= 15 is 0 Å².